The van der Waals surface area contributed by atoms with Crippen molar-refractivity contribution in [2.75, 3.05) is 11.9 Å². The highest BCUT2D eigenvalue weighted by Crippen LogP contribution is 2.41. The average Bonchev–Trinajstić information content (AvgIpc) is 2.23. The average molecular weight is 297 g/mol. The predicted molar refractivity (Wildman–Crippen MR) is 72.8 cm³/mol. The van der Waals surface area contributed by atoms with E-state index in [1.165, 1.54) is 0 Å². The lowest BCUT2D eigenvalue weighted by atomic mass is 9.68. The number of hydrogen-bond donors (Lipinski definition) is 2. The van der Waals surface area contributed by atoms with Gasteiger partial charge in [-0.15, -0.1) is 0 Å². The molecule has 1 aromatic rings. The molecule has 1 saturated carbocycles. The van der Waals surface area contributed by atoms with Crippen LogP contribution in [0, 0.1) is 12.3 Å². The number of hydrogen-bond acceptors (Lipinski definition) is 2. The smallest absolute Gasteiger partial charge is 0.231 e. The lowest BCUT2D eigenvalue weighted by Gasteiger charge is -2.39. The van der Waals surface area contributed by atoms with Crippen molar-refractivity contribution in [2.45, 2.75) is 26.2 Å². The predicted octanol–water partition coefficient (Wildman–Crippen LogP) is 2.83. The minimum atomic E-state index is -0.325. The Bertz CT molecular complexity index is 436. The van der Waals surface area contributed by atoms with Gasteiger partial charge < -0.3 is 11.1 Å². The van der Waals surface area contributed by atoms with E-state index in [0.717, 1.165) is 35.0 Å². The van der Waals surface area contributed by atoms with Crippen molar-refractivity contribution in [1.82, 2.24) is 0 Å². The molecular weight excluding hydrogens is 280 g/mol. The van der Waals surface area contributed by atoms with Gasteiger partial charge in [-0.25, -0.2) is 0 Å². The van der Waals surface area contributed by atoms with Crippen LogP contribution >= 0.6 is 15.9 Å². The van der Waals surface area contributed by atoms with Crippen molar-refractivity contribution in [3.05, 3.63) is 28.2 Å². The van der Waals surface area contributed by atoms with E-state index < -0.39 is 0 Å². The van der Waals surface area contributed by atoms with Gasteiger partial charge in [-0.3, -0.25) is 4.79 Å². The molecule has 1 fully saturated rings. The van der Waals surface area contributed by atoms with Crippen LogP contribution in [-0.4, -0.2) is 12.5 Å². The minimum absolute atomic E-state index is 0.0625. The molecule has 2 rings (SSSR count). The van der Waals surface area contributed by atoms with Gasteiger partial charge in [0.25, 0.3) is 0 Å². The maximum atomic E-state index is 12.2. The van der Waals surface area contributed by atoms with E-state index in [1.54, 1.807) is 0 Å². The monoisotopic (exact) mass is 296 g/mol. The van der Waals surface area contributed by atoms with Gasteiger partial charge in [0.15, 0.2) is 0 Å². The third-order valence-corrected chi connectivity index (χ3v) is 4.12. The van der Waals surface area contributed by atoms with Crippen molar-refractivity contribution in [1.29, 1.82) is 0 Å². The molecule has 17 heavy (non-hydrogen) atoms. The molecule has 1 amide bonds. The van der Waals surface area contributed by atoms with Gasteiger partial charge in [-0.05, 0) is 37.5 Å². The minimum Gasteiger partial charge on any atom is -0.329 e. The van der Waals surface area contributed by atoms with Crippen LogP contribution in [0.1, 0.15) is 24.8 Å². The summed E-state index contributed by atoms with van der Waals surface area (Å²) in [7, 11) is 0. The maximum Gasteiger partial charge on any atom is 0.231 e. The van der Waals surface area contributed by atoms with Gasteiger partial charge in [-0.2, -0.15) is 0 Å². The van der Waals surface area contributed by atoms with Crippen molar-refractivity contribution in [2.24, 2.45) is 11.1 Å². The first kappa shape index (κ1) is 12.6. The lowest BCUT2D eigenvalue weighted by molar-refractivity contribution is -0.129. The number of halogens is 1. The molecule has 0 radical (unpaired) electrons. The number of nitrogens with one attached hydrogen (secondary N) is 1. The van der Waals surface area contributed by atoms with Crippen LogP contribution in [0.5, 0.6) is 0 Å². The third kappa shape index (κ3) is 2.38. The highest BCUT2D eigenvalue weighted by molar-refractivity contribution is 9.10. The second-order valence-corrected chi connectivity index (χ2v) is 5.67. The zero-order valence-electron chi connectivity index (χ0n) is 9.92. The zero-order valence-corrected chi connectivity index (χ0v) is 11.5. The first-order chi connectivity index (χ1) is 8.07. The summed E-state index contributed by atoms with van der Waals surface area (Å²) in [4.78, 5) is 12.2. The molecule has 4 heteroatoms. The molecule has 0 unspecified atom stereocenters. The van der Waals surface area contributed by atoms with Gasteiger partial charge in [0, 0.05) is 16.7 Å². The summed E-state index contributed by atoms with van der Waals surface area (Å²) in [6.07, 6.45) is 2.91. The fourth-order valence-electron chi connectivity index (χ4n) is 2.11. The van der Waals surface area contributed by atoms with Crippen LogP contribution < -0.4 is 11.1 Å². The van der Waals surface area contributed by atoms with Crippen molar-refractivity contribution in [3.8, 4) is 0 Å². The largest absolute Gasteiger partial charge is 0.329 e. The summed E-state index contributed by atoms with van der Waals surface area (Å²) in [6.45, 7) is 2.42. The Labute approximate surface area is 110 Å². The summed E-state index contributed by atoms with van der Waals surface area (Å²) in [5, 5.41) is 3.00. The fraction of sp³-hybridized carbons (Fsp3) is 0.462. The second kappa shape index (κ2) is 4.78. The van der Waals surface area contributed by atoms with Crippen LogP contribution in [-0.2, 0) is 4.79 Å². The van der Waals surface area contributed by atoms with E-state index in [0.29, 0.717) is 6.54 Å². The Morgan fingerprint density at radius 3 is 2.76 bits per heavy atom. The molecule has 1 aliphatic carbocycles. The Morgan fingerprint density at radius 2 is 2.24 bits per heavy atom. The molecule has 0 bridgehead atoms. The van der Waals surface area contributed by atoms with E-state index in [2.05, 4.69) is 21.2 Å². The number of benzene rings is 1. The quantitative estimate of drug-likeness (QED) is 0.901. The van der Waals surface area contributed by atoms with E-state index in [1.807, 2.05) is 25.1 Å². The van der Waals surface area contributed by atoms with Crippen LogP contribution in [0.4, 0.5) is 5.69 Å². The second-order valence-electron chi connectivity index (χ2n) is 4.75. The summed E-state index contributed by atoms with van der Waals surface area (Å²) in [5.74, 6) is 0.0625. The van der Waals surface area contributed by atoms with Crippen LogP contribution in [0.15, 0.2) is 22.7 Å². The van der Waals surface area contributed by atoms with Crippen LogP contribution in [0.2, 0.25) is 0 Å². The molecule has 3 nitrogen and oxygen atoms in total. The molecule has 0 heterocycles. The first-order valence-corrected chi connectivity index (χ1v) is 6.64. The van der Waals surface area contributed by atoms with Gasteiger partial charge in [0.1, 0.15) is 0 Å². The number of amides is 1. The fourth-order valence-corrected chi connectivity index (χ4v) is 2.47. The molecule has 92 valence electrons. The summed E-state index contributed by atoms with van der Waals surface area (Å²) < 4.78 is 0.966. The molecule has 1 aromatic carbocycles. The number of nitrogens with two attached hydrogens (primary N) is 1. The third-order valence-electron chi connectivity index (χ3n) is 3.63. The Hall–Kier alpha value is -0.870. The van der Waals surface area contributed by atoms with Crippen molar-refractivity contribution >= 4 is 27.5 Å². The number of anilines is 1. The normalized spacial score (nSPS) is 17.4. The Kier molecular flexibility index (Phi) is 3.54. The Morgan fingerprint density at radius 1 is 1.53 bits per heavy atom. The first-order valence-electron chi connectivity index (χ1n) is 5.85. The molecule has 1 aliphatic rings. The molecule has 0 saturated heterocycles. The van der Waals surface area contributed by atoms with Gasteiger partial charge in [0.2, 0.25) is 5.91 Å². The summed E-state index contributed by atoms with van der Waals surface area (Å²) in [5.41, 5.74) is 7.32. The van der Waals surface area contributed by atoms with Crippen molar-refractivity contribution in [3.63, 3.8) is 0 Å². The number of aryl methyl sites for hydroxylation is 1. The number of carbonyl (C=O) groups excluding carboxylic acids is 1. The van der Waals surface area contributed by atoms with Gasteiger partial charge in [0.05, 0.1) is 5.41 Å². The van der Waals surface area contributed by atoms with E-state index in [4.69, 9.17) is 5.73 Å². The molecule has 0 aromatic heterocycles. The van der Waals surface area contributed by atoms with E-state index >= 15 is 0 Å². The number of rotatable bonds is 3. The van der Waals surface area contributed by atoms with E-state index in [-0.39, 0.29) is 11.3 Å². The van der Waals surface area contributed by atoms with Gasteiger partial charge in [-0.1, -0.05) is 28.4 Å². The topological polar surface area (TPSA) is 55.1 Å². The molecule has 0 aliphatic heterocycles. The standard InChI is InChI=1S/C13H17BrN2O/c1-9-3-4-10(14)7-11(9)16-12(17)13(8-15)5-2-6-13/h3-4,7H,2,5-6,8,15H2,1H3,(H,16,17). The highest BCUT2D eigenvalue weighted by atomic mass is 79.9. The molecule has 3 N–H and O–H groups in total. The molecular formula is C13H17BrN2O. The molecule has 0 atom stereocenters. The summed E-state index contributed by atoms with van der Waals surface area (Å²) in [6, 6.07) is 5.87. The lowest BCUT2D eigenvalue weighted by Crippen LogP contribution is -2.47. The van der Waals surface area contributed by atoms with E-state index in [9.17, 15) is 4.79 Å². The van der Waals surface area contributed by atoms with Gasteiger partial charge >= 0.3 is 0 Å². The maximum absolute atomic E-state index is 12.2. The van der Waals surface area contributed by atoms with Crippen LogP contribution in [0.25, 0.3) is 0 Å². The highest BCUT2D eigenvalue weighted by Gasteiger charge is 2.42. The SMILES string of the molecule is Cc1ccc(Br)cc1NC(=O)C1(CN)CCC1. The number of carbonyl (C=O) groups is 1. The Balaban J connectivity index is 2.15. The zero-order chi connectivity index (χ0) is 12.5. The van der Waals surface area contributed by atoms with Crippen LogP contribution in [0.3, 0.4) is 0 Å². The summed E-state index contributed by atoms with van der Waals surface area (Å²) >= 11 is 3.41. The van der Waals surface area contributed by atoms with Crippen molar-refractivity contribution < 1.29 is 4.79 Å². The molecule has 0 spiro atoms.